The van der Waals surface area contributed by atoms with Gasteiger partial charge in [-0.3, -0.25) is 4.98 Å². The van der Waals surface area contributed by atoms with Gasteiger partial charge in [0.15, 0.2) is 0 Å². The molecule has 0 saturated heterocycles. The lowest BCUT2D eigenvalue weighted by molar-refractivity contribution is 0.181. The summed E-state index contributed by atoms with van der Waals surface area (Å²) in [5, 5.41) is 9.17. The van der Waals surface area contributed by atoms with Gasteiger partial charge in [-0.05, 0) is 25.0 Å². The monoisotopic (exact) mass is 181 g/mol. The van der Waals surface area contributed by atoms with Gasteiger partial charge >= 0.3 is 0 Å². The highest BCUT2D eigenvalue weighted by Crippen LogP contribution is 2.16. The van der Waals surface area contributed by atoms with Gasteiger partial charge in [0.1, 0.15) is 0 Å². The van der Waals surface area contributed by atoms with Crippen molar-refractivity contribution in [1.82, 2.24) is 4.98 Å². The van der Waals surface area contributed by atoms with Crippen LogP contribution in [0.4, 0.5) is 0 Å². The molecule has 0 aromatic carbocycles. The molecular formula is C10H15NO2. The summed E-state index contributed by atoms with van der Waals surface area (Å²) in [7, 11) is 1.64. The average molecular weight is 181 g/mol. The molecule has 0 fully saturated rings. The highest BCUT2D eigenvalue weighted by molar-refractivity contribution is 5.34. The third kappa shape index (κ3) is 2.05. The van der Waals surface area contributed by atoms with Gasteiger partial charge in [0, 0.05) is 24.6 Å². The van der Waals surface area contributed by atoms with Crippen LogP contribution < -0.4 is 0 Å². The minimum Gasteiger partial charge on any atom is -0.392 e. The third-order valence-corrected chi connectivity index (χ3v) is 2.25. The predicted octanol–water partition coefficient (Wildman–Crippen LogP) is 1.34. The van der Waals surface area contributed by atoms with Gasteiger partial charge in [-0.2, -0.15) is 0 Å². The van der Waals surface area contributed by atoms with Gasteiger partial charge in [0.05, 0.1) is 13.2 Å². The molecule has 0 aliphatic carbocycles. The van der Waals surface area contributed by atoms with Crippen molar-refractivity contribution in [3.05, 3.63) is 28.6 Å². The van der Waals surface area contributed by atoms with Gasteiger partial charge < -0.3 is 9.84 Å². The summed E-state index contributed by atoms with van der Waals surface area (Å²) in [6.45, 7) is 4.45. The molecule has 0 spiro atoms. The van der Waals surface area contributed by atoms with Crippen LogP contribution in [-0.4, -0.2) is 17.2 Å². The van der Waals surface area contributed by atoms with Crippen LogP contribution in [0, 0.1) is 13.8 Å². The molecule has 3 nitrogen and oxygen atoms in total. The van der Waals surface area contributed by atoms with E-state index in [4.69, 9.17) is 9.84 Å². The number of aromatic nitrogens is 1. The van der Waals surface area contributed by atoms with Gasteiger partial charge in [-0.25, -0.2) is 0 Å². The number of pyridine rings is 1. The summed E-state index contributed by atoms with van der Waals surface area (Å²) in [6.07, 6.45) is 1.76. The van der Waals surface area contributed by atoms with Crippen molar-refractivity contribution < 1.29 is 9.84 Å². The maximum absolute atomic E-state index is 9.17. The summed E-state index contributed by atoms with van der Waals surface area (Å²) in [6, 6.07) is 0. The van der Waals surface area contributed by atoms with Crippen molar-refractivity contribution in [1.29, 1.82) is 0 Å². The normalized spacial score (nSPS) is 10.5. The molecule has 13 heavy (non-hydrogen) atoms. The van der Waals surface area contributed by atoms with Crippen LogP contribution in [0.3, 0.4) is 0 Å². The quantitative estimate of drug-likeness (QED) is 0.765. The van der Waals surface area contributed by atoms with Crippen LogP contribution in [0.5, 0.6) is 0 Å². The standard InChI is InChI=1S/C10H15NO2/c1-7-8(2)11-4-9(6-13-3)10(7)5-12/h4,12H,5-6H2,1-3H3. The van der Waals surface area contributed by atoms with Gasteiger partial charge in [0.25, 0.3) is 0 Å². The Morgan fingerprint density at radius 1 is 1.46 bits per heavy atom. The fourth-order valence-electron chi connectivity index (χ4n) is 1.31. The van der Waals surface area contributed by atoms with E-state index in [1.165, 1.54) is 0 Å². The van der Waals surface area contributed by atoms with E-state index in [9.17, 15) is 0 Å². The molecule has 1 N–H and O–H groups in total. The number of ether oxygens (including phenoxy) is 1. The molecule has 0 atom stereocenters. The summed E-state index contributed by atoms with van der Waals surface area (Å²) in [5.74, 6) is 0. The molecular weight excluding hydrogens is 166 g/mol. The van der Waals surface area contributed by atoms with E-state index in [0.29, 0.717) is 6.61 Å². The zero-order valence-corrected chi connectivity index (χ0v) is 8.29. The highest BCUT2D eigenvalue weighted by atomic mass is 16.5. The van der Waals surface area contributed by atoms with E-state index in [1.807, 2.05) is 13.8 Å². The van der Waals surface area contributed by atoms with E-state index >= 15 is 0 Å². The first-order valence-corrected chi connectivity index (χ1v) is 4.24. The first kappa shape index (κ1) is 10.2. The van der Waals surface area contributed by atoms with Crippen molar-refractivity contribution in [3.63, 3.8) is 0 Å². The van der Waals surface area contributed by atoms with E-state index in [1.54, 1.807) is 13.3 Å². The molecule has 1 rings (SSSR count). The van der Waals surface area contributed by atoms with E-state index in [2.05, 4.69) is 4.98 Å². The Labute approximate surface area is 78.4 Å². The van der Waals surface area contributed by atoms with Crippen molar-refractivity contribution in [2.45, 2.75) is 27.1 Å². The Morgan fingerprint density at radius 2 is 2.15 bits per heavy atom. The zero-order chi connectivity index (χ0) is 9.84. The summed E-state index contributed by atoms with van der Waals surface area (Å²) in [4.78, 5) is 4.21. The van der Waals surface area contributed by atoms with E-state index in [-0.39, 0.29) is 6.61 Å². The number of hydrogen-bond acceptors (Lipinski definition) is 3. The molecule has 0 saturated carbocycles. The van der Waals surface area contributed by atoms with E-state index in [0.717, 1.165) is 22.4 Å². The maximum Gasteiger partial charge on any atom is 0.0731 e. The second kappa shape index (κ2) is 4.35. The molecule has 1 aromatic rings. The number of aliphatic hydroxyl groups is 1. The van der Waals surface area contributed by atoms with Crippen molar-refractivity contribution >= 4 is 0 Å². The minimum absolute atomic E-state index is 0.0495. The molecule has 0 radical (unpaired) electrons. The van der Waals surface area contributed by atoms with E-state index < -0.39 is 0 Å². The van der Waals surface area contributed by atoms with Crippen molar-refractivity contribution in [2.75, 3.05) is 7.11 Å². The Morgan fingerprint density at radius 3 is 2.69 bits per heavy atom. The Kier molecular flexibility index (Phi) is 3.39. The third-order valence-electron chi connectivity index (χ3n) is 2.25. The largest absolute Gasteiger partial charge is 0.392 e. The highest BCUT2D eigenvalue weighted by Gasteiger charge is 2.07. The van der Waals surface area contributed by atoms with Crippen LogP contribution in [0.1, 0.15) is 22.4 Å². The van der Waals surface area contributed by atoms with Gasteiger partial charge in [-0.15, -0.1) is 0 Å². The molecule has 72 valence electrons. The number of methoxy groups -OCH3 is 1. The first-order chi connectivity index (χ1) is 6.20. The minimum atomic E-state index is 0.0495. The van der Waals surface area contributed by atoms with Gasteiger partial charge in [0.2, 0.25) is 0 Å². The first-order valence-electron chi connectivity index (χ1n) is 4.24. The fourth-order valence-corrected chi connectivity index (χ4v) is 1.31. The lowest BCUT2D eigenvalue weighted by Gasteiger charge is -2.10. The van der Waals surface area contributed by atoms with Crippen LogP contribution >= 0.6 is 0 Å². The van der Waals surface area contributed by atoms with Crippen LogP contribution in [0.2, 0.25) is 0 Å². The molecule has 1 aromatic heterocycles. The molecule has 0 bridgehead atoms. The molecule has 0 aliphatic rings. The smallest absolute Gasteiger partial charge is 0.0731 e. The zero-order valence-electron chi connectivity index (χ0n) is 8.29. The number of rotatable bonds is 3. The predicted molar refractivity (Wildman–Crippen MR) is 50.3 cm³/mol. The fraction of sp³-hybridized carbons (Fsp3) is 0.500. The summed E-state index contributed by atoms with van der Waals surface area (Å²) >= 11 is 0. The van der Waals surface area contributed by atoms with Crippen LogP contribution in [-0.2, 0) is 18.0 Å². The SMILES string of the molecule is COCc1cnc(C)c(C)c1CO. The molecule has 0 aliphatic heterocycles. The molecule has 0 unspecified atom stereocenters. The Balaban J connectivity index is 3.13. The number of hydrogen-bond donors (Lipinski definition) is 1. The number of nitrogens with zero attached hydrogens (tertiary/aromatic N) is 1. The summed E-state index contributed by atoms with van der Waals surface area (Å²) in [5.41, 5.74) is 3.92. The molecule has 3 heteroatoms. The topological polar surface area (TPSA) is 42.4 Å². The Hall–Kier alpha value is -0.930. The van der Waals surface area contributed by atoms with Gasteiger partial charge in [-0.1, -0.05) is 0 Å². The number of aliphatic hydroxyl groups excluding tert-OH is 1. The second-order valence-corrected chi connectivity index (χ2v) is 3.06. The Bertz CT molecular complexity index is 297. The lowest BCUT2D eigenvalue weighted by atomic mass is 10.0. The lowest BCUT2D eigenvalue weighted by Crippen LogP contribution is -2.02. The van der Waals surface area contributed by atoms with Crippen LogP contribution in [0.15, 0.2) is 6.20 Å². The maximum atomic E-state index is 9.17. The molecule has 1 heterocycles. The van der Waals surface area contributed by atoms with Crippen LogP contribution in [0.25, 0.3) is 0 Å². The summed E-state index contributed by atoms with van der Waals surface area (Å²) < 4.78 is 5.01. The average Bonchev–Trinajstić information content (AvgIpc) is 2.12. The van der Waals surface area contributed by atoms with Crippen molar-refractivity contribution in [2.24, 2.45) is 0 Å². The molecule has 0 amide bonds. The number of aryl methyl sites for hydroxylation is 1. The second-order valence-electron chi connectivity index (χ2n) is 3.06. The van der Waals surface area contributed by atoms with Crippen molar-refractivity contribution in [3.8, 4) is 0 Å².